The van der Waals surface area contributed by atoms with Crippen molar-refractivity contribution < 1.29 is 14.3 Å². The molecule has 134 valence electrons. The average molecular weight is 342 g/mol. The van der Waals surface area contributed by atoms with Gasteiger partial charge in [0.2, 0.25) is 0 Å². The van der Waals surface area contributed by atoms with Crippen molar-refractivity contribution in [2.45, 2.75) is 13.5 Å². The molecule has 2 rings (SSSR count). The Balaban J connectivity index is 1.96. The van der Waals surface area contributed by atoms with Gasteiger partial charge in [0.25, 0.3) is 5.91 Å². The summed E-state index contributed by atoms with van der Waals surface area (Å²) in [5.74, 6) is 1.15. The quantitative estimate of drug-likeness (QED) is 0.739. The molecule has 0 saturated carbocycles. The number of amides is 1. The Morgan fingerprint density at radius 3 is 2.20 bits per heavy atom. The topological polar surface area (TPSA) is 42.0 Å². The molecule has 0 N–H and O–H groups in total. The first-order valence-electron chi connectivity index (χ1n) is 8.35. The predicted octanol–water partition coefficient (Wildman–Crippen LogP) is 3.19. The second-order valence-electron chi connectivity index (χ2n) is 5.91. The van der Waals surface area contributed by atoms with E-state index in [4.69, 9.17) is 9.47 Å². The molecule has 5 nitrogen and oxygen atoms in total. The van der Waals surface area contributed by atoms with Gasteiger partial charge in [-0.1, -0.05) is 24.3 Å². The van der Waals surface area contributed by atoms with E-state index in [0.717, 1.165) is 11.3 Å². The maximum atomic E-state index is 12.5. The summed E-state index contributed by atoms with van der Waals surface area (Å²) in [5.41, 5.74) is 2.23. The van der Waals surface area contributed by atoms with Crippen LogP contribution in [0, 0.1) is 0 Å². The molecule has 0 bridgehead atoms. The number of anilines is 1. The molecule has 0 heterocycles. The van der Waals surface area contributed by atoms with Gasteiger partial charge in [0.15, 0.2) is 18.1 Å². The Hall–Kier alpha value is -2.69. The molecule has 5 heteroatoms. The lowest BCUT2D eigenvalue weighted by Crippen LogP contribution is -2.34. The summed E-state index contributed by atoms with van der Waals surface area (Å²) in [6.07, 6.45) is 0. The van der Waals surface area contributed by atoms with Crippen molar-refractivity contribution in [3.05, 3.63) is 54.1 Å². The molecule has 0 spiro atoms. The summed E-state index contributed by atoms with van der Waals surface area (Å²) < 4.78 is 10.9. The van der Waals surface area contributed by atoms with Gasteiger partial charge in [-0.15, -0.1) is 0 Å². The van der Waals surface area contributed by atoms with Gasteiger partial charge in [-0.25, -0.2) is 0 Å². The molecular formula is C20H26N2O3. The molecule has 0 unspecified atom stereocenters. The third-order valence-electron chi connectivity index (χ3n) is 3.98. The van der Waals surface area contributed by atoms with Crippen LogP contribution in [0.15, 0.2) is 48.5 Å². The van der Waals surface area contributed by atoms with Crippen LogP contribution in [0.4, 0.5) is 5.69 Å². The van der Waals surface area contributed by atoms with E-state index in [9.17, 15) is 4.79 Å². The Kier molecular flexibility index (Phi) is 6.69. The molecule has 0 radical (unpaired) electrons. The number of methoxy groups -OCH3 is 1. The van der Waals surface area contributed by atoms with Gasteiger partial charge in [0.1, 0.15) is 0 Å². The first-order chi connectivity index (χ1) is 12.0. The summed E-state index contributed by atoms with van der Waals surface area (Å²) in [6, 6.07) is 15.5. The van der Waals surface area contributed by atoms with E-state index >= 15 is 0 Å². The largest absolute Gasteiger partial charge is 0.493 e. The first kappa shape index (κ1) is 18.6. The van der Waals surface area contributed by atoms with E-state index in [1.165, 1.54) is 0 Å². The van der Waals surface area contributed by atoms with Crippen LogP contribution < -0.4 is 14.4 Å². The van der Waals surface area contributed by atoms with Crippen molar-refractivity contribution in [1.82, 2.24) is 4.90 Å². The Labute approximate surface area is 149 Å². The van der Waals surface area contributed by atoms with Gasteiger partial charge in [0, 0.05) is 32.9 Å². The maximum absolute atomic E-state index is 12.5. The van der Waals surface area contributed by atoms with Gasteiger partial charge in [-0.3, -0.25) is 4.79 Å². The fourth-order valence-corrected chi connectivity index (χ4v) is 2.47. The standard InChI is InChI=1S/C20H26N2O3/c1-5-22(14-16-10-12-17(13-11-16)21(2)3)20(23)15-25-19-9-7-6-8-18(19)24-4/h6-13H,5,14-15H2,1-4H3. The third kappa shape index (κ3) is 5.14. The minimum absolute atomic E-state index is 0.00993. The number of hydrogen-bond acceptors (Lipinski definition) is 4. The molecule has 0 aliphatic rings. The normalized spacial score (nSPS) is 10.2. The van der Waals surface area contributed by atoms with E-state index < -0.39 is 0 Å². The molecule has 0 aliphatic carbocycles. The number of carbonyl (C=O) groups excluding carboxylic acids is 1. The summed E-state index contributed by atoms with van der Waals surface area (Å²) in [6.45, 7) is 3.15. The number of rotatable bonds is 8. The molecule has 0 aliphatic heterocycles. The molecule has 0 aromatic heterocycles. The lowest BCUT2D eigenvalue weighted by Gasteiger charge is -2.22. The second-order valence-corrected chi connectivity index (χ2v) is 5.91. The van der Waals surface area contributed by atoms with Crippen molar-refractivity contribution in [2.75, 3.05) is 39.3 Å². The minimum atomic E-state index is -0.0508. The van der Waals surface area contributed by atoms with Gasteiger partial charge in [0.05, 0.1) is 7.11 Å². The molecule has 2 aromatic carbocycles. The highest BCUT2D eigenvalue weighted by atomic mass is 16.5. The van der Waals surface area contributed by atoms with Crippen LogP contribution in [0.25, 0.3) is 0 Å². The average Bonchev–Trinajstić information content (AvgIpc) is 2.64. The zero-order chi connectivity index (χ0) is 18.2. The summed E-state index contributed by atoms with van der Waals surface area (Å²) in [5, 5.41) is 0. The van der Waals surface area contributed by atoms with Gasteiger partial charge in [-0.2, -0.15) is 0 Å². The Bertz CT molecular complexity index is 684. The molecule has 0 saturated heterocycles. The van der Waals surface area contributed by atoms with E-state index in [0.29, 0.717) is 24.6 Å². The fourth-order valence-electron chi connectivity index (χ4n) is 2.47. The van der Waals surface area contributed by atoms with Crippen molar-refractivity contribution in [1.29, 1.82) is 0 Å². The van der Waals surface area contributed by atoms with Gasteiger partial charge >= 0.3 is 0 Å². The number of hydrogen-bond donors (Lipinski definition) is 0. The summed E-state index contributed by atoms with van der Waals surface area (Å²) in [4.78, 5) is 16.3. The number of ether oxygens (including phenoxy) is 2. The maximum Gasteiger partial charge on any atom is 0.260 e. The molecular weight excluding hydrogens is 316 g/mol. The van der Waals surface area contributed by atoms with Crippen LogP contribution >= 0.6 is 0 Å². The van der Waals surface area contributed by atoms with E-state index in [2.05, 4.69) is 12.1 Å². The van der Waals surface area contributed by atoms with Crippen molar-refractivity contribution >= 4 is 11.6 Å². The minimum Gasteiger partial charge on any atom is -0.493 e. The Morgan fingerprint density at radius 2 is 1.64 bits per heavy atom. The molecule has 25 heavy (non-hydrogen) atoms. The molecule has 1 amide bonds. The van der Waals surface area contributed by atoms with Gasteiger partial charge < -0.3 is 19.3 Å². The van der Waals surface area contributed by atoms with Crippen LogP contribution in [0.1, 0.15) is 12.5 Å². The molecule has 0 atom stereocenters. The number of nitrogens with zero attached hydrogens (tertiary/aromatic N) is 2. The van der Waals surface area contributed by atoms with E-state index in [-0.39, 0.29) is 12.5 Å². The molecule has 0 fully saturated rings. The van der Waals surface area contributed by atoms with Crippen LogP contribution in [-0.2, 0) is 11.3 Å². The fraction of sp³-hybridized carbons (Fsp3) is 0.350. The smallest absolute Gasteiger partial charge is 0.260 e. The third-order valence-corrected chi connectivity index (χ3v) is 3.98. The zero-order valence-corrected chi connectivity index (χ0v) is 15.4. The van der Waals surface area contributed by atoms with Gasteiger partial charge in [-0.05, 0) is 36.8 Å². The highest BCUT2D eigenvalue weighted by Gasteiger charge is 2.14. The number of likely N-dealkylation sites (N-methyl/N-ethyl adjacent to an activating group) is 1. The first-order valence-corrected chi connectivity index (χ1v) is 8.35. The van der Waals surface area contributed by atoms with Crippen LogP contribution in [0.3, 0.4) is 0 Å². The number of benzene rings is 2. The zero-order valence-electron chi connectivity index (χ0n) is 15.4. The summed E-state index contributed by atoms with van der Waals surface area (Å²) >= 11 is 0. The monoisotopic (exact) mass is 342 g/mol. The van der Waals surface area contributed by atoms with Crippen molar-refractivity contribution in [2.24, 2.45) is 0 Å². The van der Waals surface area contributed by atoms with Crippen LogP contribution in [0.2, 0.25) is 0 Å². The van der Waals surface area contributed by atoms with Crippen LogP contribution in [0.5, 0.6) is 11.5 Å². The predicted molar refractivity (Wildman–Crippen MR) is 100 cm³/mol. The van der Waals surface area contributed by atoms with Crippen molar-refractivity contribution in [3.63, 3.8) is 0 Å². The van der Waals surface area contributed by atoms with Crippen molar-refractivity contribution in [3.8, 4) is 11.5 Å². The number of carbonyl (C=O) groups is 1. The lowest BCUT2D eigenvalue weighted by atomic mass is 10.2. The second kappa shape index (κ2) is 8.97. The molecule has 2 aromatic rings. The number of para-hydroxylation sites is 2. The Morgan fingerprint density at radius 1 is 1.00 bits per heavy atom. The van der Waals surface area contributed by atoms with E-state index in [1.54, 1.807) is 18.1 Å². The van der Waals surface area contributed by atoms with E-state index in [1.807, 2.05) is 56.3 Å². The highest BCUT2D eigenvalue weighted by Crippen LogP contribution is 2.25. The SMILES string of the molecule is CCN(Cc1ccc(N(C)C)cc1)C(=O)COc1ccccc1OC. The summed E-state index contributed by atoms with van der Waals surface area (Å²) in [7, 11) is 5.60. The van der Waals surface area contributed by atoms with Crippen LogP contribution in [-0.4, -0.2) is 45.2 Å². The highest BCUT2D eigenvalue weighted by molar-refractivity contribution is 5.77. The lowest BCUT2D eigenvalue weighted by molar-refractivity contribution is -0.133.